The number of hydrogen-bond acceptors (Lipinski definition) is 6. The maximum Gasteiger partial charge on any atom is 0.269 e. The van der Waals surface area contributed by atoms with Crippen LogP contribution in [0.15, 0.2) is 72.5 Å². The van der Waals surface area contributed by atoms with Gasteiger partial charge >= 0.3 is 0 Å². The van der Waals surface area contributed by atoms with E-state index in [2.05, 4.69) is 20.3 Å². The summed E-state index contributed by atoms with van der Waals surface area (Å²) in [6.45, 7) is 0.555. The Morgan fingerprint density at radius 1 is 1.04 bits per heavy atom. The summed E-state index contributed by atoms with van der Waals surface area (Å²) in [5.74, 6) is 0. The molecule has 0 aliphatic carbocycles. The molecule has 0 aliphatic rings. The van der Waals surface area contributed by atoms with Gasteiger partial charge in [0.25, 0.3) is 10.0 Å². The Morgan fingerprint density at radius 2 is 1.82 bits per heavy atom. The van der Waals surface area contributed by atoms with Crippen LogP contribution in [0.5, 0.6) is 0 Å². The molecule has 1 aromatic carbocycles. The highest BCUT2D eigenvalue weighted by Gasteiger charge is 2.21. The third-order valence-electron chi connectivity index (χ3n) is 4.31. The van der Waals surface area contributed by atoms with Crippen molar-refractivity contribution in [2.45, 2.75) is 11.4 Å². The first kappa shape index (κ1) is 19.9. The van der Waals surface area contributed by atoms with Crippen LogP contribution < -0.4 is 5.32 Å². The van der Waals surface area contributed by atoms with Gasteiger partial charge in [-0.15, -0.1) is 12.4 Å². The second-order valence-electron chi connectivity index (χ2n) is 6.03. The quantitative estimate of drug-likeness (QED) is 0.539. The molecule has 0 saturated carbocycles. The molecule has 9 heteroatoms. The zero-order valence-corrected chi connectivity index (χ0v) is 16.6. The van der Waals surface area contributed by atoms with Gasteiger partial charge in [-0.2, -0.15) is 0 Å². The Labute approximate surface area is 168 Å². The normalized spacial score (nSPS) is 11.3. The average Bonchev–Trinajstić information content (AvgIpc) is 3.08. The first-order valence-electron chi connectivity index (χ1n) is 8.31. The summed E-state index contributed by atoms with van der Waals surface area (Å²) < 4.78 is 27.7. The molecule has 0 unspecified atom stereocenters. The van der Waals surface area contributed by atoms with Crippen LogP contribution in [0.1, 0.15) is 5.56 Å². The molecule has 0 bridgehead atoms. The smallest absolute Gasteiger partial charge is 0.269 e. The van der Waals surface area contributed by atoms with Gasteiger partial charge in [0, 0.05) is 48.5 Å². The molecule has 0 fully saturated rings. The molecule has 0 saturated heterocycles. The van der Waals surface area contributed by atoms with Crippen molar-refractivity contribution in [3.8, 4) is 11.1 Å². The van der Waals surface area contributed by atoms with Crippen LogP contribution in [0.2, 0.25) is 0 Å². The molecule has 0 amide bonds. The highest BCUT2D eigenvalue weighted by atomic mass is 35.5. The second kappa shape index (κ2) is 8.05. The van der Waals surface area contributed by atoms with Gasteiger partial charge in [-0.3, -0.25) is 4.98 Å². The summed E-state index contributed by atoms with van der Waals surface area (Å²) in [7, 11) is -1.94. The van der Waals surface area contributed by atoms with E-state index in [1.165, 1.54) is 16.5 Å². The van der Waals surface area contributed by atoms with Crippen molar-refractivity contribution < 1.29 is 8.42 Å². The van der Waals surface area contributed by atoms with Gasteiger partial charge in [-0.05, 0) is 36.4 Å². The average molecular weight is 416 g/mol. The van der Waals surface area contributed by atoms with Crippen LogP contribution in [0.25, 0.3) is 22.0 Å². The molecule has 0 aliphatic heterocycles. The van der Waals surface area contributed by atoms with E-state index in [9.17, 15) is 8.42 Å². The molecular weight excluding hydrogens is 398 g/mol. The largest absolute Gasteiger partial charge is 0.316 e. The van der Waals surface area contributed by atoms with Gasteiger partial charge in [-0.25, -0.2) is 22.4 Å². The summed E-state index contributed by atoms with van der Waals surface area (Å²) in [5.41, 5.74) is 3.17. The van der Waals surface area contributed by atoms with Gasteiger partial charge < -0.3 is 5.32 Å². The highest BCUT2D eigenvalue weighted by molar-refractivity contribution is 7.90. The first-order chi connectivity index (χ1) is 13.1. The van der Waals surface area contributed by atoms with Gasteiger partial charge in [0.05, 0.1) is 5.52 Å². The van der Waals surface area contributed by atoms with Gasteiger partial charge in [0.15, 0.2) is 0 Å². The Bertz CT molecular complexity index is 1200. The minimum atomic E-state index is -3.77. The summed E-state index contributed by atoms with van der Waals surface area (Å²) in [6, 6.07) is 8.88. The lowest BCUT2D eigenvalue weighted by Crippen LogP contribution is -2.12. The Kier molecular flexibility index (Phi) is 5.73. The molecule has 7 nitrogen and oxygen atoms in total. The number of nitrogens with one attached hydrogen (secondary N) is 1. The van der Waals surface area contributed by atoms with Gasteiger partial charge in [-0.1, -0.05) is 12.1 Å². The number of fused-ring (bicyclic) bond motifs is 1. The predicted molar refractivity (Wildman–Crippen MR) is 110 cm³/mol. The van der Waals surface area contributed by atoms with Crippen LogP contribution in [0.4, 0.5) is 0 Å². The number of rotatable bonds is 5. The van der Waals surface area contributed by atoms with Crippen LogP contribution in [0, 0.1) is 0 Å². The number of hydrogen-bond donors (Lipinski definition) is 1. The number of nitrogens with zero attached hydrogens (tertiary/aromatic N) is 4. The molecule has 4 rings (SSSR count). The molecule has 4 aromatic rings. The van der Waals surface area contributed by atoms with Crippen molar-refractivity contribution in [2.24, 2.45) is 0 Å². The third kappa shape index (κ3) is 3.49. The van der Waals surface area contributed by atoms with Crippen molar-refractivity contribution in [2.75, 3.05) is 7.05 Å². The topological polar surface area (TPSA) is 89.8 Å². The number of halogens is 1. The Morgan fingerprint density at radius 3 is 2.50 bits per heavy atom. The van der Waals surface area contributed by atoms with Crippen molar-refractivity contribution >= 4 is 33.3 Å². The summed E-state index contributed by atoms with van der Waals surface area (Å²) in [6.07, 6.45) is 9.43. The first-order valence-corrected chi connectivity index (χ1v) is 9.75. The molecule has 3 heterocycles. The van der Waals surface area contributed by atoms with Crippen molar-refractivity contribution in [1.82, 2.24) is 24.2 Å². The fraction of sp³-hybridized carbons (Fsp3) is 0.105. The van der Waals surface area contributed by atoms with E-state index in [-0.39, 0.29) is 17.3 Å². The summed E-state index contributed by atoms with van der Waals surface area (Å²) >= 11 is 0. The van der Waals surface area contributed by atoms with E-state index >= 15 is 0 Å². The number of pyridine rings is 1. The van der Waals surface area contributed by atoms with E-state index < -0.39 is 10.0 Å². The molecule has 144 valence electrons. The third-order valence-corrected chi connectivity index (χ3v) is 5.96. The fourth-order valence-corrected chi connectivity index (χ4v) is 4.39. The molecule has 28 heavy (non-hydrogen) atoms. The van der Waals surface area contributed by atoms with E-state index in [1.807, 2.05) is 25.2 Å². The Balaban J connectivity index is 0.00000225. The lowest BCUT2D eigenvalue weighted by Gasteiger charge is -2.08. The molecule has 0 spiro atoms. The number of benzene rings is 1. The maximum atomic E-state index is 13.2. The molecular formula is C19H18ClN5O2S. The maximum absolute atomic E-state index is 13.2. The fourth-order valence-electron chi connectivity index (χ4n) is 3.04. The standard InChI is InChI=1S/C19H17N5O2S.ClH/c1-20-8-16-12-24(27(25,26)17-3-2-6-21-11-17)19-7-14(4-5-18(16)19)15-9-22-13-23-10-15;/h2-7,9-13,20H,8H2,1H3;1H. The monoisotopic (exact) mass is 415 g/mol. The molecule has 3 aromatic heterocycles. The SMILES string of the molecule is CNCc1cn(S(=O)(=O)c2cccnc2)c2cc(-c3cncnc3)ccc12.Cl. The van der Waals surface area contributed by atoms with Crippen molar-refractivity contribution in [3.05, 3.63) is 73.2 Å². The molecule has 0 atom stereocenters. The van der Waals surface area contributed by atoms with Crippen LogP contribution in [-0.4, -0.2) is 34.4 Å². The van der Waals surface area contributed by atoms with E-state index in [4.69, 9.17) is 0 Å². The summed E-state index contributed by atoms with van der Waals surface area (Å²) in [5, 5.41) is 3.96. The van der Waals surface area contributed by atoms with Gasteiger partial charge in [0.2, 0.25) is 0 Å². The van der Waals surface area contributed by atoms with Gasteiger partial charge in [0.1, 0.15) is 11.2 Å². The lowest BCUT2D eigenvalue weighted by molar-refractivity contribution is 0.588. The van der Waals surface area contributed by atoms with Crippen molar-refractivity contribution in [3.63, 3.8) is 0 Å². The highest BCUT2D eigenvalue weighted by Crippen LogP contribution is 2.30. The van der Waals surface area contributed by atoms with Crippen molar-refractivity contribution in [1.29, 1.82) is 0 Å². The van der Waals surface area contributed by atoms with E-state index in [1.54, 1.807) is 36.9 Å². The van der Waals surface area contributed by atoms with E-state index in [0.717, 1.165) is 22.1 Å². The minimum Gasteiger partial charge on any atom is -0.316 e. The molecule has 1 N–H and O–H groups in total. The van der Waals surface area contributed by atoms with Crippen LogP contribution >= 0.6 is 12.4 Å². The minimum absolute atomic E-state index is 0. The Hall–Kier alpha value is -2.81. The predicted octanol–water partition coefficient (Wildman–Crippen LogP) is 2.87. The zero-order chi connectivity index (χ0) is 18.9. The summed E-state index contributed by atoms with van der Waals surface area (Å²) in [4.78, 5) is 12.2. The van der Waals surface area contributed by atoms with Crippen LogP contribution in [-0.2, 0) is 16.6 Å². The zero-order valence-electron chi connectivity index (χ0n) is 15.0. The number of aromatic nitrogens is 4. The second-order valence-corrected chi connectivity index (χ2v) is 7.85. The lowest BCUT2D eigenvalue weighted by atomic mass is 10.1. The molecule has 0 radical (unpaired) electrons. The van der Waals surface area contributed by atoms with Crippen LogP contribution in [0.3, 0.4) is 0 Å². The van der Waals surface area contributed by atoms with E-state index in [0.29, 0.717) is 12.1 Å².